The van der Waals surface area contributed by atoms with Crippen LogP contribution in [0.4, 0.5) is 0 Å². The predicted octanol–water partition coefficient (Wildman–Crippen LogP) is 4.33. The van der Waals surface area contributed by atoms with Crippen molar-refractivity contribution in [3.8, 4) is 11.3 Å². The van der Waals surface area contributed by atoms with Crippen LogP contribution in [0.15, 0.2) is 71.8 Å². The van der Waals surface area contributed by atoms with Gasteiger partial charge in [-0.2, -0.15) is 5.10 Å². The fourth-order valence-electron chi connectivity index (χ4n) is 3.43. The van der Waals surface area contributed by atoms with Crippen molar-refractivity contribution in [2.45, 2.75) is 39.3 Å². The molecule has 4 rings (SSSR count). The lowest BCUT2D eigenvalue weighted by molar-refractivity contribution is 0.155. The Balaban J connectivity index is 1.63. The van der Waals surface area contributed by atoms with Crippen LogP contribution in [-0.4, -0.2) is 19.3 Å². The molecule has 0 aliphatic carbocycles. The number of hydrogen-bond donors (Lipinski definition) is 1. The molecule has 0 aliphatic heterocycles. The van der Waals surface area contributed by atoms with E-state index >= 15 is 0 Å². The molecule has 2 heterocycles. The van der Waals surface area contributed by atoms with Crippen molar-refractivity contribution in [1.29, 1.82) is 0 Å². The number of aliphatic hydroxyl groups is 1. The summed E-state index contributed by atoms with van der Waals surface area (Å²) in [6, 6.07) is 17.8. The number of aromatic nitrogens is 3. The summed E-state index contributed by atoms with van der Waals surface area (Å²) in [5, 5.41) is 15.1. The Bertz CT molecular complexity index is 1190. The second kappa shape index (κ2) is 7.68. The molecule has 0 unspecified atom stereocenters. The summed E-state index contributed by atoms with van der Waals surface area (Å²) in [4.78, 5) is 12.9. The molecule has 0 bridgehead atoms. The van der Waals surface area contributed by atoms with Crippen LogP contribution in [0.1, 0.15) is 42.6 Å². The highest BCUT2D eigenvalue weighted by Gasteiger charge is 2.13. The molecule has 0 saturated carbocycles. The Morgan fingerprint density at radius 2 is 1.62 bits per heavy atom. The Morgan fingerprint density at radius 3 is 2.28 bits per heavy atom. The molecule has 5 heteroatoms. The molecule has 2 aromatic heterocycles. The maximum Gasteiger partial charge on any atom is 0.276 e. The molecule has 0 amide bonds. The fraction of sp³-hybridized carbons (Fsp3) is 0.250. The van der Waals surface area contributed by atoms with Crippen molar-refractivity contribution in [2.75, 3.05) is 0 Å². The molecule has 29 heavy (non-hydrogen) atoms. The molecule has 4 aromatic rings. The highest BCUT2D eigenvalue weighted by Crippen LogP contribution is 2.22. The second-order valence-corrected chi connectivity index (χ2v) is 7.82. The predicted molar refractivity (Wildman–Crippen MR) is 115 cm³/mol. The van der Waals surface area contributed by atoms with E-state index in [4.69, 9.17) is 0 Å². The number of aryl methyl sites for hydroxylation is 1. The van der Waals surface area contributed by atoms with Crippen molar-refractivity contribution in [3.05, 3.63) is 94.0 Å². The first-order chi connectivity index (χ1) is 13.9. The Morgan fingerprint density at radius 1 is 0.966 bits per heavy atom. The van der Waals surface area contributed by atoms with E-state index in [0.717, 1.165) is 22.4 Å². The van der Waals surface area contributed by atoms with Crippen LogP contribution < -0.4 is 5.56 Å². The molecule has 0 aliphatic rings. The largest absolute Gasteiger partial charge is 0.387 e. The van der Waals surface area contributed by atoms with E-state index in [1.807, 2.05) is 49.4 Å². The fourth-order valence-corrected chi connectivity index (χ4v) is 3.43. The Hall–Kier alpha value is -3.18. The van der Waals surface area contributed by atoms with E-state index in [0.29, 0.717) is 11.4 Å². The normalized spacial score (nSPS) is 12.6. The van der Waals surface area contributed by atoms with Crippen LogP contribution in [0.25, 0.3) is 16.8 Å². The van der Waals surface area contributed by atoms with E-state index in [-0.39, 0.29) is 12.1 Å². The van der Waals surface area contributed by atoms with Gasteiger partial charge in [0.05, 0.1) is 18.3 Å². The molecule has 0 saturated heterocycles. The van der Waals surface area contributed by atoms with Crippen molar-refractivity contribution in [2.24, 2.45) is 0 Å². The van der Waals surface area contributed by atoms with Gasteiger partial charge in [-0.25, -0.2) is 4.52 Å². The van der Waals surface area contributed by atoms with Gasteiger partial charge in [-0.3, -0.25) is 4.79 Å². The maximum atomic E-state index is 12.9. The van der Waals surface area contributed by atoms with Crippen molar-refractivity contribution in [3.63, 3.8) is 0 Å². The lowest BCUT2D eigenvalue weighted by atomic mass is 10.0. The number of fused-ring (bicyclic) bond motifs is 1. The van der Waals surface area contributed by atoms with Gasteiger partial charge in [0.15, 0.2) is 0 Å². The minimum absolute atomic E-state index is 0.170. The van der Waals surface area contributed by atoms with Crippen LogP contribution in [0.5, 0.6) is 0 Å². The van der Waals surface area contributed by atoms with Crippen LogP contribution in [0.2, 0.25) is 0 Å². The average Bonchev–Trinajstić information content (AvgIpc) is 3.16. The van der Waals surface area contributed by atoms with E-state index in [1.165, 1.54) is 10.1 Å². The summed E-state index contributed by atoms with van der Waals surface area (Å²) in [7, 11) is 0. The first-order valence-electron chi connectivity index (χ1n) is 9.86. The van der Waals surface area contributed by atoms with E-state index in [2.05, 4.69) is 31.1 Å². The Kier molecular flexibility index (Phi) is 5.07. The van der Waals surface area contributed by atoms with Gasteiger partial charge in [0.1, 0.15) is 5.52 Å². The number of rotatable bonds is 5. The smallest absolute Gasteiger partial charge is 0.276 e. The zero-order chi connectivity index (χ0) is 20.5. The van der Waals surface area contributed by atoms with E-state index in [9.17, 15) is 9.90 Å². The lowest BCUT2D eigenvalue weighted by Gasteiger charge is -2.13. The van der Waals surface area contributed by atoms with Crippen LogP contribution in [-0.2, 0) is 6.54 Å². The van der Waals surface area contributed by atoms with Gasteiger partial charge in [0, 0.05) is 18.0 Å². The summed E-state index contributed by atoms with van der Waals surface area (Å²) in [6.07, 6.45) is 2.68. The van der Waals surface area contributed by atoms with Crippen molar-refractivity contribution < 1.29 is 5.11 Å². The van der Waals surface area contributed by atoms with Gasteiger partial charge in [-0.05, 0) is 30.0 Å². The molecule has 5 nitrogen and oxygen atoms in total. The highest BCUT2D eigenvalue weighted by atomic mass is 16.3. The molecule has 0 spiro atoms. The first-order valence-corrected chi connectivity index (χ1v) is 9.86. The monoisotopic (exact) mass is 387 g/mol. The first kappa shape index (κ1) is 19.2. The third-order valence-electron chi connectivity index (χ3n) is 5.31. The third-order valence-corrected chi connectivity index (χ3v) is 5.31. The van der Waals surface area contributed by atoms with Gasteiger partial charge in [0.2, 0.25) is 0 Å². The Labute approximate surface area is 169 Å². The summed E-state index contributed by atoms with van der Waals surface area (Å²) in [5.41, 5.74) is 5.25. The minimum atomic E-state index is -0.748. The number of nitrogens with zero attached hydrogens (tertiary/aromatic N) is 3. The van der Waals surface area contributed by atoms with Gasteiger partial charge in [0.25, 0.3) is 5.56 Å². The quantitative estimate of drug-likeness (QED) is 0.554. The topological polar surface area (TPSA) is 59.5 Å². The molecule has 2 aromatic carbocycles. The summed E-state index contributed by atoms with van der Waals surface area (Å²) in [6.45, 7) is 6.52. The van der Waals surface area contributed by atoms with Crippen molar-refractivity contribution >= 4 is 5.52 Å². The van der Waals surface area contributed by atoms with Crippen molar-refractivity contribution in [1.82, 2.24) is 14.2 Å². The zero-order valence-corrected chi connectivity index (χ0v) is 16.9. The molecule has 0 fully saturated rings. The zero-order valence-electron chi connectivity index (χ0n) is 16.9. The molecule has 148 valence electrons. The third kappa shape index (κ3) is 3.87. The summed E-state index contributed by atoms with van der Waals surface area (Å²) in [5.74, 6) is 0.470. The summed E-state index contributed by atoms with van der Waals surface area (Å²) >= 11 is 0. The molecule has 1 N–H and O–H groups in total. The van der Waals surface area contributed by atoms with Gasteiger partial charge >= 0.3 is 0 Å². The average molecular weight is 387 g/mol. The van der Waals surface area contributed by atoms with E-state index in [1.54, 1.807) is 16.9 Å². The second-order valence-electron chi connectivity index (χ2n) is 7.82. The van der Waals surface area contributed by atoms with Gasteiger partial charge in [-0.15, -0.1) is 0 Å². The minimum Gasteiger partial charge on any atom is -0.387 e. The number of benzene rings is 2. The molecular formula is C24H25N3O2. The number of hydrogen-bond acceptors (Lipinski definition) is 3. The molecular weight excluding hydrogens is 362 g/mol. The SMILES string of the molecule is Cc1ccc([C@H](O)Cn2ccn3nc(-c4ccc(C(C)C)cc4)cc3c2=O)cc1. The lowest BCUT2D eigenvalue weighted by Crippen LogP contribution is -2.24. The van der Waals surface area contributed by atoms with Crippen LogP contribution in [0.3, 0.4) is 0 Å². The van der Waals surface area contributed by atoms with Gasteiger partial charge < -0.3 is 9.67 Å². The summed E-state index contributed by atoms with van der Waals surface area (Å²) < 4.78 is 3.13. The molecule has 0 radical (unpaired) electrons. The standard InChI is InChI=1S/C24H25N3O2/c1-16(2)18-8-10-19(11-9-18)21-14-22-24(29)26(12-13-27(22)25-21)15-23(28)20-6-4-17(3)5-7-20/h4-14,16,23,28H,15H2,1-3H3/t23-/m1/s1. The van der Waals surface area contributed by atoms with E-state index < -0.39 is 6.10 Å². The number of aliphatic hydroxyl groups excluding tert-OH is 1. The van der Waals surface area contributed by atoms with Crippen LogP contribution >= 0.6 is 0 Å². The molecule has 1 atom stereocenters. The maximum absolute atomic E-state index is 12.9. The highest BCUT2D eigenvalue weighted by molar-refractivity contribution is 5.65. The van der Waals surface area contributed by atoms with Gasteiger partial charge in [-0.1, -0.05) is 67.9 Å². The van der Waals surface area contributed by atoms with Crippen LogP contribution in [0, 0.1) is 6.92 Å².